The quantitative estimate of drug-likeness (QED) is 0.444. The van der Waals surface area contributed by atoms with Gasteiger partial charge in [0, 0.05) is 11.1 Å². The first-order valence-corrected chi connectivity index (χ1v) is 7.84. The molecule has 8 heteroatoms. The number of esters is 1. The first-order valence-electron chi connectivity index (χ1n) is 6.86. The number of rotatable bonds is 4. The molecule has 3 aromatic rings. The molecule has 23 heavy (non-hydrogen) atoms. The van der Waals surface area contributed by atoms with Crippen LogP contribution in [-0.4, -0.2) is 32.9 Å². The van der Waals surface area contributed by atoms with Crippen LogP contribution >= 0.6 is 11.8 Å². The van der Waals surface area contributed by atoms with E-state index in [1.54, 1.807) is 0 Å². The molecule has 7 nitrogen and oxygen atoms in total. The Bertz CT molecular complexity index is 877. The van der Waals surface area contributed by atoms with Crippen LogP contribution in [-0.2, 0) is 10.5 Å². The van der Waals surface area contributed by atoms with Crippen LogP contribution in [0.2, 0.25) is 0 Å². The first-order chi connectivity index (χ1) is 11.1. The smallest absolute Gasteiger partial charge is 0.340 e. The number of carbonyl (C=O) groups is 1. The van der Waals surface area contributed by atoms with E-state index >= 15 is 0 Å². The summed E-state index contributed by atoms with van der Waals surface area (Å²) in [6.45, 7) is 1.90. The molecular weight excluding hydrogens is 314 g/mol. The van der Waals surface area contributed by atoms with E-state index in [0.717, 1.165) is 16.5 Å². The number of nitrogens with two attached hydrogens (primary N) is 1. The van der Waals surface area contributed by atoms with Crippen molar-refractivity contribution in [3.05, 3.63) is 47.4 Å². The molecule has 0 aliphatic rings. The first kappa shape index (κ1) is 15.3. The van der Waals surface area contributed by atoms with Gasteiger partial charge in [-0.1, -0.05) is 30.0 Å². The van der Waals surface area contributed by atoms with E-state index in [4.69, 9.17) is 10.6 Å². The highest BCUT2D eigenvalue weighted by molar-refractivity contribution is 7.98. The SMILES string of the molecule is COC(=O)c1c(CSc2nncn2N)nc2ccccc2c1C. The van der Waals surface area contributed by atoms with E-state index in [0.29, 0.717) is 22.2 Å². The molecule has 0 saturated heterocycles. The summed E-state index contributed by atoms with van der Waals surface area (Å²) >= 11 is 1.36. The van der Waals surface area contributed by atoms with Crippen LogP contribution in [0.4, 0.5) is 0 Å². The number of hydrogen-bond acceptors (Lipinski definition) is 7. The van der Waals surface area contributed by atoms with Gasteiger partial charge in [0.1, 0.15) is 6.33 Å². The highest BCUT2D eigenvalue weighted by Gasteiger charge is 2.20. The molecule has 0 aliphatic carbocycles. The van der Waals surface area contributed by atoms with E-state index in [1.165, 1.54) is 29.9 Å². The van der Waals surface area contributed by atoms with Crippen LogP contribution < -0.4 is 5.84 Å². The maximum Gasteiger partial charge on any atom is 0.340 e. The molecule has 0 spiro atoms. The Kier molecular flexibility index (Phi) is 4.16. The van der Waals surface area contributed by atoms with Crippen LogP contribution in [0.15, 0.2) is 35.7 Å². The summed E-state index contributed by atoms with van der Waals surface area (Å²) in [5, 5.41) is 9.13. The van der Waals surface area contributed by atoms with Gasteiger partial charge < -0.3 is 10.6 Å². The molecule has 2 aromatic heterocycles. The van der Waals surface area contributed by atoms with Crippen molar-refractivity contribution in [2.24, 2.45) is 0 Å². The highest BCUT2D eigenvalue weighted by atomic mass is 32.2. The molecular formula is C15H15N5O2S. The molecule has 0 saturated carbocycles. The number of nitrogen functional groups attached to an aromatic ring is 1. The molecule has 0 amide bonds. The lowest BCUT2D eigenvalue weighted by Crippen LogP contribution is -2.11. The predicted octanol–water partition coefficient (Wildman–Crippen LogP) is 1.93. The van der Waals surface area contributed by atoms with Crippen molar-refractivity contribution >= 4 is 28.6 Å². The number of hydrogen-bond donors (Lipinski definition) is 1. The molecule has 1 aromatic carbocycles. The van der Waals surface area contributed by atoms with E-state index < -0.39 is 5.97 Å². The Morgan fingerprint density at radius 1 is 1.39 bits per heavy atom. The number of aryl methyl sites for hydroxylation is 1. The van der Waals surface area contributed by atoms with Gasteiger partial charge in [-0.3, -0.25) is 4.98 Å². The zero-order chi connectivity index (χ0) is 16.4. The number of ether oxygens (including phenoxy) is 1. The van der Waals surface area contributed by atoms with Crippen LogP contribution in [0.3, 0.4) is 0 Å². The van der Waals surface area contributed by atoms with Crippen molar-refractivity contribution in [1.29, 1.82) is 0 Å². The average Bonchev–Trinajstić information content (AvgIpc) is 2.97. The van der Waals surface area contributed by atoms with Gasteiger partial charge in [0.05, 0.1) is 23.9 Å². The topological polar surface area (TPSA) is 95.9 Å². The zero-order valence-corrected chi connectivity index (χ0v) is 13.5. The van der Waals surface area contributed by atoms with Crippen molar-refractivity contribution in [2.45, 2.75) is 17.8 Å². The lowest BCUT2D eigenvalue weighted by molar-refractivity contribution is 0.0598. The van der Waals surface area contributed by atoms with Crippen molar-refractivity contribution in [2.75, 3.05) is 13.0 Å². The molecule has 2 N–H and O–H groups in total. The van der Waals surface area contributed by atoms with Gasteiger partial charge in [0.2, 0.25) is 5.16 Å². The van der Waals surface area contributed by atoms with Gasteiger partial charge in [-0.15, -0.1) is 10.2 Å². The minimum Gasteiger partial charge on any atom is -0.465 e. The van der Waals surface area contributed by atoms with Crippen molar-refractivity contribution in [1.82, 2.24) is 19.9 Å². The van der Waals surface area contributed by atoms with E-state index in [9.17, 15) is 4.79 Å². The second-order valence-electron chi connectivity index (χ2n) is 4.88. The van der Waals surface area contributed by atoms with Crippen molar-refractivity contribution in [3.63, 3.8) is 0 Å². The maximum atomic E-state index is 12.2. The van der Waals surface area contributed by atoms with Gasteiger partial charge in [0.25, 0.3) is 0 Å². The molecule has 3 rings (SSSR count). The number of methoxy groups -OCH3 is 1. The highest BCUT2D eigenvalue weighted by Crippen LogP contribution is 2.27. The van der Waals surface area contributed by atoms with Gasteiger partial charge in [-0.05, 0) is 18.6 Å². The number of aromatic nitrogens is 4. The summed E-state index contributed by atoms with van der Waals surface area (Å²) < 4.78 is 6.25. The fourth-order valence-corrected chi connectivity index (χ4v) is 3.16. The minimum absolute atomic E-state index is 0.398. The summed E-state index contributed by atoms with van der Waals surface area (Å²) in [6, 6.07) is 7.70. The number of benzene rings is 1. The number of thioether (sulfide) groups is 1. The van der Waals surface area contributed by atoms with Gasteiger partial charge in [-0.2, -0.15) is 0 Å². The van der Waals surface area contributed by atoms with Crippen LogP contribution in [0, 0.1) is 6.92 Å². The summed E-state index contributed by atoms with van der Waals surface area (Å²) in [5.74, 6) is 5.75. The monoisotopic (exact) mass is 329 g/mol. The fraction of sp³-hybridized carbons (Fsp3) is 0.200. The number of pyridine rings is 1. The summed E-state index contributed by atoms with van der Waals surface area (Å²) in [7, 11) is 1.37. The Labute approximate surface area is 136 Å². The number of carbonyl (C=O) groups excluding carboxylic acids is 1. The predicted molar refractivity (Wildman–Crippen MR) is 87.6 cm³/mol. The molecule has 0 fully saturated rings. The Morgan fingerprint density at radius 3 is 2.87 bits per heavy atom. The lowest BCUT2D eigenvalue weighted by atomic mass is 10.0. The van der Waals surface area contributed by atoms with Gasteiger partial charge >= 0.3 is 5.97 Å². The molecule has 0 atom stereocenters. The molecule has 118 valence electrons. The third kappa shape index (κ3) is 2.85. The fourth-order valence-electron chi connectivity index (χ4n) is 2.39. The lowest BCUT2D eigenvalue weighted by Gasteiger charge is -2.12. The van der Waals surface area contributed by atoms with Crippen LogP contribution in [0.5, 0.6) is 0 Å². The second kappa shape index (κ2) is 6.25. The average molecular weight is 329 g/mol. The Hall–Kier alpha value is -2.61. The molecule has 0 radical (unpaired) electrons. The van der Waals surface area contributed by atoms with Crippen molar-refractivity contribution < 1.29 is 9.53 Å². The molecule has 2 heterocycles. The van der Waals surface area contributed by atoms with E-state index in [1.807, 2.05) is 31.2 Å². The zero-order valence-electron chi connectivity index (χ0n) is 12.7. The normalized spacial score (nSPS) is 10.9. The van der Waals surface area contributed by atoms with Crippen LogP contribution in [0.25, 0.3) is 10.9 Å². The Morgan fingerprint density at radius 2 is 2.17 bits per heavy atom. The Balaban J connectivity index is 2.06. The molecule has 0 bridgehead atoms. The largest absolute Gasteiger partial charge is 0.465 e. The van der Waals surface area contributed by atoms with Crippen molar-refractivity contribution in [3.8, 4) is 0 Å². The molecule has 0 unspecified atom stereocenters. The second-order valence-corrected chi connectivity index (χ2v) is 5.82. The van der Waals surface area contributed by atoms with Gasteiger partial charge in [0.15, 0.2) is 0 Å². The number of para-hydroxylation sites is 1. The third-order valence-electron chi connectivity index (χ3n) is 3.49. The summed E-state index contributed by atoms with van der Waals surface area (Å²) in [6.07, 6.45) is 1.42. The number of nitrogens with zero attached hydrogens (tertiary/aromatic N) is 4. The van der Waals surface area contributed by atoms with Gasteiger partial charge in [-0.25, -0.2) is 9.47 Å². The maximum absolute atomic E-state index is 12.2. The van der Waals surface area contributed by atoms with E-state index in [-0.39, 0.29) is 0 Å². The minimum atomic E-state index is -0.398. The number of fused-ring (bicyclic) bond motifs is 1. The summed E-state index contributed by atoms with van der Waals surface area (Å²) in [4.78, 5) is 16.8. The molecule has 0 aliphatic heterocycles. The van der Waals surface area contributed by atoms with Crippen LogP contribution in [0.1, 0.15) is 21.6 Å². The summed E-state index contributed by atoms with van der Waals surface area (Å²) in [5.41, 5.74) is 2.82. The third-order valence-corrected chi connectivity index (χ3v) is 4.46. The van der Waals surface area contributed by atoms with E-state index in [2.05, 4.69) is 15.2 Å². The standard InChI is InChI=1S/C15H15N5O2S/c1-9-10-5-3-4-6-11(10)18-12(13(9)14(21)22-2)7-23-15-19-17-8-20(15)16/h3-6,8H,7,16H2,1-2H3.